The molecule has 0 spiro atoms. The summed E-state index contributed by atoms with van der Waals surface area (Å²) in [5.74, 6) is -0.705. The van der Waals surface area contributed by atoms with Gasteiger partial charge in [-0.25, -0.2) is 9.78 Å². The summed E-state index contributed by atoms with van der Waals surface area (Å²) in [5.41, 5.74) is 2.69. The van der Waals surface area contributed by atoms with Gasteiger partial charge in [0.2, 0.25) is 0 Å². The maximum Gasteiger partial charge on any atom is 0.339 e. The topological polar surface area (TPSA) is 90.9 Å². The van der Waals surface area contributed by atoms with Crippen LogP contribution in [0, 0.1) is 6.92 Å². The number of nitrogens with one attached hydrogen (secondary N) is 2. The van der Waals surface area contributed by atoms with Crippen molar-refractivity contribution in [2.75, 3.05) is 5.32 Å². The Morgan fingerprint density at radius 2 is 2.20 bits per heavy atom. The molecule has 20 heavy (non-hydrogen) atoms. The molecule has 0 saturated heterocycles. The zero-order valence-corrected chi connectivity index (χ0v) is 10.7. The van der Waals surface area contributed by atoms with Gasteiger partial charge in [-0.3, -0.25) is 5.10 Å². The minimum absolute atomic E-state index is 0.130. The van der Waals surface area contributed by atoms with E-state index in [4.69, 9.17) is 5.11 Å². The van der Waals surface area contributed by atoms with Crippen molar-refractivity contribution in [2.24, 2.45) is 0 Å². The number of carboxylic acids is 1. The van der Waals surface area contributed by atoms with Crippen LogP contribution in [0.15, 0.2) is 36.5 Å². The number of aromatic amines is 1. The lowest BCUT2D eigenvalue weighted by Crippen LogP contribution is -2.04. The number of aryl methyl sites for hydroxylation is 1. The Morgan fingerprint density at radius 1 is 1.35 bits per heavy atom. The van der Waals surface area contributed by atoms with Crippen molar-refractivity contribution in [3.8, 4) is 0 Å². The van der Waals surface area contributed by atoms with E-state index >= 15 is 0 Å². The SMILES string of the molecule is Cc1[nH]nc2cc(Nc3ncccc3C(=O)O)ccc12. The molecule has 3 N–H and O–H groups in total. The Labute approximate surface area is 114 Å². The summed E-state index contributed by atoms with van der Waals surface area (Å²) in [4.78, 5) is 15.2. The van der Waals surface area contributed by atoms with Gasteiger partial charge in [0.25, 0.3) is 0 Å². The first-order valence-electron chi connectivity index (χ1n) is 6.05. The van der Waals surface area contributed by atoms with Gasteiger partial charge in [-0.05, 0) is 37.3 Å². The van der Waals surface area contributed by atoms with Crippen LogP contribution >= 0.6 is 0 Å². The van der Waals surface area contributed by atoms with Gasteiger partial charge >= 0.3 is 5.97 Å². The minimum Gasteiger partial charge on any atom is -0.478 e. The summed E-state index contributed by atoms with van der Waals surface area (Å²) in [6.45, 7) is 1.95. The minimum atomic E-state index is -1.02. The molecule has 1 aromatic carbocycles. The van der Waals surface area contributed by atoms with Crippen molar-refractivity contribution in [2.45, 2.75) is 6.92 Å². The number of aromatic nitrogens is 3. The zero-order valence-electron chi connectivity index (χ0n) is 10.7. The monoisotopic (exact) mass is 268 g/mol. The number of pyridine rings is 1. The highest BCUT2D eigenvalue weighted by Crippen LogP contribution is 2.23. The van der Waals surface area contributed by atoms with Crippen molar-refractivity contribution < 1.29 is 9.90 Å². The second-order valence-electron chi connectivity index (χ2n) is 4.41. The molecule has 3 rings (SSSR count). The molecule has 0 bridgehead atoms. The quantitative estimate of drug-likeness (QED) is 0.679. The highest BCUT2D eigenvalue weighted by molar-refractivity contribution is 5.94. The number of carboxylic acid groups (broad SMARTS) is 1. The first kappa shape index (κ1) is 12.2. The van der Waals surface area contributed by atoms with Gasteiger partial charge in [0, 0.05) is 23.0 Å². The van der Waals surface area contributed by atoms with Crippen molar-refractivity contribution in [3.63, 3.8) is 0 Å². The Balaban J connectivity index is 1.99. The Hall–Kier alpha value is -2.89. The molecule has 100 valence electrons. The van der Waals surface area contributed by atoms with Crippen LogP contribution in [0.5, 0.6) is 0 Å². The Bertz CT molecular complexity index is 795. The molecule has 2 heterocycles. The first-order chi connectivity index (χ1) is 9.65. The zero-order chi connectivity index (χ0) is 14.1. The van der Waals surface area contributed by atoms with E-state index in [9.17, 15) is 4.79 Å². The third-order valence-corrected chi connectivity index (χ3v) is 3.05. The third kappa shape index (κ3) is 2.07. The molecule has 0 aliphatic heterocycles. The van der Waals surface area contributed by atoms with Gasteiger partial charge in [0.05, 0.1) is 5.52 Å². The fourth-order valence-electron chi connectivity index (χ4n) is 2.04. The number of benzene rings is 1. The standard InChI is InChI=1S/C14H12N4O2/c1-8-10-5-4-9(7-12(10)18-17-8)16-13-11(14(19)20)3-2-6-15-13/h2-7H,1H3,(H,15,16)(H,17,18)(H,19,20). The molecule has 0 radical (unpaired) electrons. The van der Waals surface area contributed by atoms with Gasteiger partial charge in [-0.1, -0.05) is 0 Å². The maximum absolute atomic E-state index is 11.1. The molecule has 2 aromatic heterocycles. The van der Waals surface area contributed by atoms with Crippen LogP contribution in [0.2, 0.25) is 0 Å². The predicted molar refractivity (Wildman–Crippen MR) is 75.3 cm³/mol. The number of hydrogen-bond acceptors (Lipinski definition) is 4. The van der Waals surface area contributed by atoms with Crippen LogP contribution in [-0.2, 0) is 0 Å². The largest absolute Gasteiger partial charge is 0.478 e. The van der Waals surface area contributed by atoms with E-state index in [0.29, 0.717) is 5.82 Å². The molecular formula is C14H12N4O2. The summed E-state index contributed by atoms with van der Waals surface area (Å²) in [5, 5.41) is 20.3. The molecule has 0 amide bonds. The van der Waals surface area contributed by atoms with Gasteiger partial charge in [-0.15, -0.1) is 0 Å². The van der Waals surface area contributed by atoms with Crippen LogP contribution in [0.4, 0.5) is 11.5 Å². The van der Waals surface area contributed by atoms with E-state index in [1.165, 1.54) is 6.07 Å². The smallest absolute Gasteiger partial charge is 0.339 e. The molecule has 0 aliphatic carbocycles. The maximum atomic E-state index is 11.1. The Kier molecular flexibility index (Phi) is 2.83. The number of hydrogen-bond donors (Lipinski definition) is 3. The van der Waals surface area contributed by atoms with Crippen molar-refractivity contribution in [1.29, 1.82) is 0 Å². The van der Waals surface area contributed by atoms with Crippen LogP contribution in [-0.4, -0.2) is 26.3 Å². The number of H-pyrrole nitrogens is 1. The van der Waals surface area contributed by atoms with Crippen molar-refractivity contribution >= 4 is 28.4 Å². The first-order valence-corrected chi connectivity index (χ1v) is 6.05. The van der Waals surface area contributed by atoms with Crippen LogP contribution in [0.3, 0.4) is 0 Å². The molecule has 6 heteroatoms. The van der Waals surface area contributed by atoms with Gasteiger partial charge in [-0.2, -0.15) is 5.10 Å². The van der Waals surface area contributed by atoms with Crippen molar-refractivity contribution in [3.05, 3.63) is 47.8 Å². The highest BCUT2D eigenvalue weighted by atomic mass is 16.4. The van der Waals surface area contributed by atoms with Crippen LogP contribution in [0.1, 0.15) is 16.1 Å². The Morgan fingerprint density at radius 3 is 3.00 bits per heavy atom. The summed E-state index contributed by atoms with van der Waals surface area (Å²) >= 11 is 0. The molecule has 0 aliphatic rings. The lowest BCUT2D eigenvalue weighted by molar-refractivity contribution is 0.0697. The summed E-state index contributed by atoms with van der Waals surface area (Å²) in [7, 11) is 0. The average Bonchev–Trinajstić information content (AvgIpc) is 2.80. The lowest BCUT2D eigenvalue weighted by atomic mass is 10.2. The number of anilines is 2. The summed E-state index contributed by atoms with van der Waals surface area (Å²) < 4.78 is 0. The summed E-state index contributed by atoms with van der Waals surface area (Å²) in [6, 6.07) is 8.74. The fourth-order valence-corrected chi connectivity index (χ4v) is 2.04. The van der Waals surface area contributed by atoms with Gasteiger partial charge < -0.3 is 10.4 Å². The normalized spacial score (nSPS) is 10.7. The molecule has 0 atom stereocenters. The molecule has 0 saturated carbocycles. The molecular weight excluding hydrogens is 256 g/mol. The number of fused-ring (bicyclic) bond motifs is 1. The lowest BCUT2D eigenvalue weighted by Gasteiger charge is -2.08. The second kappa shape index (κ2) is 4.65. The summed E-state index contributed by atoms with van der Waals surface area (Å²) in [6.07, 6.45) is 1.55. The van der Waals surface area contributed by atoms with E-state index in [1.807, 2.05) is 25.1 Å². The van der Waals surface area contributed by atoms with E-state index < -0.39 is 5.97 Å². The fraction of sp³-hybridized carbons (Fsp3) is 0.0714. The average molecular weight is 268 g/mol. The third-order valence-electron chi connectivity index (χ3n) is 3.05. The van der Waals surface area contributed by atoms with E-state index in [-0.39, 0.29) is 5.56 Å². The van der Waals surface area contributed by atoms with E-state index in [2.05, 4.69) is 20.5 Å². The number of carbonyl (C=O) groups is 1. The van der Waals surface area contributed by atoms with Gasteiger partial charge in [0.1, 0.15) is 11.4 Å². The molecule has 0 fully saturated rings. The van der Waals surface area contributed by atoms with E-state index in [0.717, 1.165) is 22.3 Å². The van der Waals surface area contributed by atoms with Crippen molar-refractivity contribution in [1.82, 2.24) is 15.2 Å². The highest BCUT2D eigenvalue weighted by Gasteiger charge is 2.11. The van der Waals surface area contributed by atoms with E-state index in [1.54, 1.807) is 12.3 Å². The second-order valence-corrected chi connectivity index (χ2v) is 4.41. The molecule has 3 aromatic rings. The number of rotatable bonds is 3. The number of aromatic carboxylic acids is 1. The molecule has 0 unspecified atom stereocenters. The predicted octanol–water partition coefficient (Wildman–Crippen LogP) is 2.71. The van der Waals surface area contributed by atoms with Crippen LogP contribution in [0.25, 0.3) is 10.9 Å². The molecule has 6 nitrogen and oxygen atoms in total. The van der Waals surface area contributed by atoms with Gasteiger partial charge in [0.15, 0.2) is 0 Å². The number of nitrogens with zero attached hydrogens (tertiary/aromatic N) is 2. The van der Waals surface area contributed by atoms with Crippen LogP contribution < -0.4 is 5.32 Å².